The van der Waals surface area contributed by atoms with Crippen molar-refractivity contribution in [2.45, 2.75) is 69.9 Å². The Kier molecular flexibility index (Phi) is 7.32. The van der Waals surface area contributed by atoms with Crippen LogP contribution < -0.4 is 5.56 Å². The fourth-order valence-electron chi connectivity index (χ4n) is 5.97. The normalized spacial score (nSPS) is 16.8. The molecule has 3 aromatic carbocycles. The Morgan fingerprint density at radius 1 is 1.02 bits per heavy atom. The van der Waals surface area contributed by atoms with Crippen LogP contribution in [0.5, 0.6) is 0 Å². The molecule has 0 radical (unpaired) electrons. The van der Waals surface area contributed by atoms with E-state index in [9.17, 15) is 14.7 Å². The molecule has 0 bridgehead atoms. The predicted molar refractivity (Wildman–Crippen MR) is 166 cm³/mol. The smallest absolute Gasteiger partial charge is 0.256 e. The molecule has 0 spiro atoms. The number of rotatable bonds is 5. The fraction of sp³-hybridized carbons (Fsp3) is 0.343. The first-order valence-electron chi connectivity index (χ1n) is 14.6. The summed E-state index contributed by atoms with van der Waals surface area (Å²) >= 11 is 6.06. The summed E-state index contributed by atoms with van der Waals surface area (Å²) < 4.78 is 0. The van der Waals surface area contributed by atoms with Gasteiger partial charge in [0.1, 0.15) is 5.82 Å². The molecule has 0 saturated heterocycles. The Morgan fingerprint density at radius 2 is 1.76 bits per heavy atom. The van der Waals surface area contributed by atoms with Gasteiger partial charge in [0.15, 0.2) is 6.10 Å². The van der Waals surface area contributed by atoms with Gasteiger partial charge in [-0.15, -0.1) is 0 Å². The van der Waals surface area contributed by atoms with Crippen molar-refractivity contribution in [1.29, 1.82) is 0 Å². The number of fused-ring (bicyclic) bond motifs is 1. The molecule has 2 aliphatic rings. The standard InChI is InChI=1S/C35H36ClN3O3/c1-34(2,3)25-14-12-22(13-15-25)23-7-4-9-26(19-23)35(16-17-35)33-37-29-11-6-18-39(21-28(29)31(41)38-33)32(42)30(40)24-8-5-10-27(36)20-24/h4-5,7-10,12-15,19-20,30,40H,6,11,16-18,21H2,1-3H3,(H,37,38,41). The van der Waals surface area contributed by atoms with Gasteiger partial charge in [-0.25, -0.2) is 4.98 Å². The first kappa shape index (κ1) is 28.4. The van der Waals surface area contributed by atoms with E-state index in [0.29, 0.717) is 41.4 Å². The molecule has 4 aromatic rings. The summed E-state index contributed by atoms with van der Waals surface area (Å²) in [6.07, 6.45) is 1.74. The van der Waals surface area contributed by atoms with E-state index < -0.39 is 12.0 Å². The number of carbonyl (C=O) groups is 1. The van der Waals surface area contributed by atoms with Crippen molar-refractivity contribution in [1.82, 2.24) is 14.9 Å². The van der Waals surface area contributed by atoms with Crippen LogP contribution in [0.3, 0.4) is 0 Å². The second-order valence-corrected chi connectivity index (χ2v) is 13.1. The number of nitrogens with one attached hydrogen (secondary N) is 1. The number of aryl methyl sites for hydroxylation is 1. The summed E-state index contributed by atoms with van der Waals surface area (Å²) in [6, 6.07) is 24.0. The zero-order valence-corrected chi connectivity index (χ0v) is 25.0. The van der Waals surface area contributed by atoms with Crippen LogP contribution in [-0.4, -0.2) is 32.4 Å². The Morgan fingerprint density at radius 3 is 2.45 bits per heavy atom. The summed E-state index contributed by atoms with van der Waals surface area (Å²) in [5, 5.41) is 11.2. The topological polar surface area (TPSA) is 86.3 Å². The number of halogens is 1. The zero-order chi connectivity index (χ0) is 29.6. The van der Waals surface area contributed by atoms with Gasteiger partial charge >= 0.3 is 0 Å². The van der Waals surface area contributed by atoms with E-state index in [1.807, 2.05) is 0 Å². The number of hydrogen-bond donors (Lipinski definition) is 2. The van der Waals surface area contributed by atoms with Gasteiger partial charge < -0.3 is 15.0 Å². The minimum Gasteiger partial charge on any atom is -0.378 e. The second-order valence-electron chi connectivity index (χ2n) is 12.7. The molecule has 2 N–H and O–H groups in total. The third-order valence-electron chi connectivity index (χ3n) is 8.70. The molecule has 1 aromatic heterocycles. The molecular weight excluding hydrogens is 546 g/mol. The molecule has 1 aliphatic carbocycles. The van der Waals surface area contributed by atoms with Crippen molar-refractivity contribution in [3.8, 4) is 11.1 Å². The van der Waals surface area contributed by atoms with Crippen molar-refractivity contribution in [2.75, 3.05) is 6.54 Å². The number of benzene rings is 3. The van der Waals surface area contributed by atoms with Crippen LogP contribution in [0.4, 0.5) is 0 Å². The summed E-state index contributed by atoms with van der Waals surface area (Å²) in [4.78, 5) is 36.4. The maximum atomic E-state index is 13.5. The van der Waals surface area contributed by atoms with Crippen LogP contribution in [0, 0.1) is 0 Å². The van der Waals surface area contributed by atoms with Crippen LogP contribution in [0.2, 0.25) is 5.02 Å². The van der Waals surface area contributed by atoms with Crippen LogP contribution in [0.15, 0.2) is 77.6 Å². The van der Waals surface area contributed by atoms with Crippen LogP contribution in [0.25, 0.3) is 11.1 Å². The van der Waals surface area contributed by atoms with Gasteiger partial charge in [0.25, 0.3) is 11.5 Å². The number of nitrogens with zero attached hydrogens (tertiary/aromatic N) is 2. The average Bonchev–Trinajstić information content (AvgIpc) is 3.81. The molecule has 6 rings (SSSR count). The number of aliphatic hydroxyl groups is 1. The molecule has 6 nitrogen and oxygen atoms in total. The number of carbonyl (C=O) groups excluding carboxylic acids is 1. The van der Waals surface area contributed by atoms with E-state index in [2.05, 4.69) is 74.3 Å². The molecule has 2 heterocycles. The summed E-state index contributed by atoms with van der Waals surface area (Å²) in [7, 11) is 0. The average molecular weight is 582 g/mol. The van der Waals surface area contributed by atoms with Crippen LogP contribution >= 0.6 is 11.6 Å². The van der Waals surface area contributed by atoms with E-state index in [0.717, 1.165) is 35.2 Å². The lowest BCUT2D eigenvalue weighted by Crippen LogP contribution is -2.36. The lowest BCUT2D eigenvalue weighted by molar-refractivity contribution is -0.141. The number of amides is 1. The lowest BCUT2D eigenvalue weighted by atomic mass is 9.86. The second kappa shape index (κ2) is 10.8. The number of aromatic nitrogens is 2. The van der Waals surface area contributed by atoms with Crippen LogP contribution in [0.1, 0.15) is 79.9 Å². The Bertz CT molecular complexity index is 1700. The summed E-state index contributed by atoms with van der Waals surface area (Å²) in [6.45, 7) is 7.19. The molecule has 1 amide bonds. The van der Waals surface area contributed by atoms with Gasteiger partial charge in [0, 0.05) is 11.6 Å². The van der Waals surface area contributed by atoms with Gasteiger partial charge in [0.2, 0.25) is 0 Å². The highest BCUT2D eigenvalue weighted by atomic mass is 35.5. The Labute approximate surface area is 251 Å². The highest BCUT2D eigenvalue weighted by Crippen LogP contribution is 2.52. The number of aromatic amines is 1. The molecule has 7 heteroatoms. The van der Waals surface area contributed by atoms with Crippen molar-refractivity contribution in [2.24, 2.45) is 0 Å². The molecule has 1 aliphatic heterocycles. The van der Waals surface area contributed by atoms with Gasteiger partial charge in [-0.1, -0.05) is 93.0 Å². The number of hydrogen-bond acceptors (Lipinski definition) is 4. The molecule has 1 atom stereocenters. The molecule has 42 heavy (non-hydrogen) atoms. The number of H-pyrrole nitrogens is 1. The molecular formula is C35H36ClN3O3. The minimum absolute atomic E-state index is 0.0988. The summed E-state index contributed by atoms with van der Waals surface area (Å²) in [5.41, 5.74) is 5.98. The quantitative estimate of drug-likeness (QED) is 0.283. The highest BCUT2D eigenvalue weighted by molar-refractivity contribution is 6.30. The first-order chi connectivity index (χ1) is 20.0. The molecule has 1 saturated carbocycles. The largest absolute Gasteiger partial charge is 0.378 e. The summed E-state index contributed by atoms with van der Waals surface area (Å²) in [5.74, 6) is 0.254. The SMILES string of the molecule is CC(C)(C)c1ccc(-c2cccc(C3(c4nc5c(c(=O)[nH]4)CN(C(=O)C(O)c4cccc(Cl)c4)CCC5)CC3)c2)cc1. The fourth-order valence-corrected chi connectivity index (χ4v) is 6.17. The number of aliphatic hydroxyl groups excluding tert-OH is 1. The monoisotopic (exact) mass is 581 g/mol. The maximum Gasteiger partial charge on any atom is 0.256 e. The van der Waals surface area contributed by atoms with Gasteiger partial charge in [-0.2, -0.15) is 0 Å². The first-order valence-corrected chi connectivity index (χ1v) is 15.0. The maximum absolute atomic E-state index is 13.5. The van der Waals surface area contributed by atoms with Crippen molar-refractivity contribution in [3.05, 3.63) is 122 Å². The lowest BCUT2D eigenvalue weighted by Gasteiger charge is -2.24. The van der Waals surface area contributed by atoms with Gasteiger partial charge in [-0.3, -0.25) is 9.59 Å². The van der Waals surface area contributed by atoms with E-state index in [1.54, 1.807) is 29.2 Å². The Balaban J connectivity index is 1.27. The molecule has 1 fully saturated rings. The van der Waals surface area contributed by atoms with E-state index >= 15 is 0 Å². The van der Waals surface area contributed by atoms with E-state index in [4.69, 9.17) is 16.6 Å². The van der Waals surface area contributed by atoms with E-state index in [1.165, 1.54) is 5.56 Å². The molecule has 1 unspecified atom stereocenters. The van der Waals surface area contributed by atoms with Crippen LogP contribution in [-0.2, 0) is 28.6 Å². The molecule has 216 valence electrons. The van der Waals surface area contributed by atoms with Gasteiger partial charge in [-0.05, 0) is 71.0 Å². The van der Waals surface area contributed by atoms with Crippen molar-refractivity contribution >= 4 is 17.5 Å². The van der Waals surface area contributed by atoms with Gasteiger partial charge in [0.05, 0.1) is 23.2 Å². The minimum atomic E-state index is -1.34. The van der Waals surface area contributed by atoms with Crippen molar-refractivity contribution in [3.63, 3.8) is 0 Å². The highest BCUT2D eigenvalue weighted by Gasteiger charge is 2.49. The zero-order valence-electron chi connectivity index (χ0n) is 24.3. The third kappa shape index (κ3) is 5.41. The third-order valence-corrected chi connectivity index (χ3v) is 8.94. The predicted octanol–water partition coefficient (Wildman–Crippen LogP) is 6.48. The van der Waals surface area contributed by atoms with Crippen molar-refractivity contribution < 1.29 is 9.90 Å². The Hall–Kier alpha value is -3.74. The van der Waals surface area contributed by atoms with E-state index in [-0.39, 0.29) is 22.9 Å².